The number of para-hydroxylation sites is 1. The lowest BCUT2D eigenvalue weighted by atomic mass is 10.1. The average Bonchev–Trinajstić information content (AvgIpc) is 2.05. The number of benzene rings is 1. The second-order valence-electron chi connectivity index (χ2n) is 3.97. The summed E-state index contributed by atoms with van der Waals surface area (Å²) >= 11 is 0. The second kappa shape index (κ2) is 3.58. The molecule has 1 aliphatic rings. The molecular formula is C11H15FN2. The first-order valence-corrected chi connectivity index (χ1v) is 4.84. The Kier molecular flexibility index (Phi) is 2.42. The molecule has 0 bridgehead atoms. The van der Waals surface area contributed by atoms with Crippen molar-refractivity contribution in [3.05, 3.63) is 30.1 Å². The van der Waals surface area contributed by atoms with E-state index in [9.17, 15) is 4.39 Å². The highest BCUT2D eigenvalue weighted by molar-refractivity contribution is 5.50. The van der Waals surface area contributed by atoms with Crippen LogP contribution in [0.2, 0.25) is 0 Å². The van der Waals surface area contributed by atoms with E-state index in [4.69, 9.17) is 0 Å². The van der Waals surface area contributed by atoms with Crippen molar-refractivity contribution in [2.75, 3.05) is 32.1 Å². The van der Waals surface area contributed by atoms with Crippen molar-refractivity contribution >= 4 is 5.69 Å². The number of hydrogen-bond acceptors (Lipinski definition) is 2. The van der Waals surface area contributed by atoms with Crippen LogP contribution in [0.15, 0.2) is 24.3 Å². The quantitative estimate of drug-likeness (QED) is 0.705. The summed E-state index contributed by atoms with van der Waals surface area (Å²) in [6, 6.07) is 7.51. The largest absolute Gasteiger partial charge is 0.366 e. The molecule has 0 amide bonds. The number of rotatable bonds is 2. The van der Waals surface area contributed by atoms with Gasteiger partial charge in [-0.1, -0.05) is 12.1 Å². The number of hydrogen-bond donors (Lipinski definition) is 0. The van der Waals surface area contributed by atoms with Crippen LogP contribution in [-0.2, 0) is 0 Å². The molecule has 1 fully saturated rings. The molecule has 2 nitrogen and oxygen atoms in total. The molecule has 1 aromatic carbocycles. The van der Waals surface area contributed by atoms with Crippen LogP contribution in [0.5, 0.6) is 0 Å². The zero-order valence-corrected chi connectivity index (χ0v) is 8.57. The van der Waals surface area contributed by atoms with E-state index in [1.165, 1.54) is 6.07 Å². The summed E-state index contributed by atoms with van der Waals surface area (Å²) < 4.78 is 13.3. The molecule has 0 radical (unpaired) electrons. The predicted molar refractivity (Wildman–Crippen MR) is 56.1 cm³/mol. The minimum atomic E-state index is -0.121. The van der Waals surface area contributed by atoms with Gasteiger partial charge >= 0.3 is 0 Å². The van der Waals surface area contributed by atoms with Gasteiger partial charge in [-0.05, 0) is 26.2 Å². The topological polar surface area (TPSA) is 6.48 Å². The van der Waals surface area contributed by atoms with Crippen molar-refractivity contribution in [1.82, 2.24) is 4.90 Å². The zero-order chi connectivity index (χ0) is 10.1. The third-order valence-electron chi connectivity index (χ3n) is 2.79. The molecule has 0 aromatic heterocycles. The lowest BCUT2D eigenvalue weighted by Crippen LogP contribution is -2.57. The Labute approximate surface area is 83.9 Å². The van der Waals surface area contributed by atoms with Gasteiger partial charge < -0.3 is 9.80 Å². The molecule has 0 unspecified atom stereocenters. The molecule has 76 valence electrons. The predicted octanol–water partition coefficient (Wildman–Crippen LogP) is 1.58. The first-order chi connectivity index (χ1) is 6.68. The van der Waals surface area contributed by atoms with Crippen molar-refractivity contribution in [3.8, 4) is 0 Å². The molecular weight excluding hydrogens is 179 g/mol. The van der Waals surface area contributed by atoms with Crippen LogP contribution < -0.4 is 4.90 Å². The van der Waals surface area contributed by atoms with Gasteiger partial charge in [0.05, 0.1) is 5.69 Å². The lowest BCUT2D eigenvalue weighted by Gasteiger charge is -2.44. The van der Waals surface area contributed by atoms with E-state index >= 15 is 0 Å². The Morgan fingerprint density at radius 1 is 1.29 bits per heavy atom. The Bertz CT molecular complexity index is 319. The maximum Gasteiger partial charge on any atom is 0.146 e. The molecule has 0 aliphatic carbocycles. The van der Waals surface area contributed by atoms with Gasteiger partial charge in [-0.25, -0.2) is 4.39 Å². The van der Waals surface area contributed by atoms with Crippen LogP contribution in [0, 0.1) is 5.82 Å². The molecule has 1 aliphatic heterocycles. The Balaban J connectivity index is 2.03. The fraction of sp³-hybridized carbons (Fsp3) is 0.455. The monoisotopic (exact) mass is 194 g/mol. The van der Waals surface area contributed by atoms with Crippen LogP contribution in [-0.4, -0.2) is 38.1 Å². The molecule has 0 spiro atoms. The first kappa shape index (κ1) is 9.46. The molecule has 2 rings (SSSR count). The van der Waals surface area contributed by atoms with Crippen LogP contribution in [0.25, 0.3) is 0 Å². The van der Waals surface area contributed by atoms with E-state index in [1.54, 1.807) is 6.07 Å². The molecule has 1 aromatic rings. The molecule has 14 heavy (non-hydrogen) atoms. The summed E-state index contributed by atoms with van der Waals surface area (Å²) in [5.41, 5.74) is 0.727. The number of anilines is 1. The molecule has 1 saturated heterocycles. The number of halogens is 1. The van der Waals surface area contributed by atoms with Gasteiger partial charge in [0, 0.05) is 19.1 Å². The molecule has 0 saturated carbocycles. The van der Waals surface area contributed by atoms with E-state index in [0.717, 1.165) is 18.8 Å². The standard InChI is InChI=1S/C11H15FN2/c1-13(2)9-7-14(8-9)11-6-4-3-5-10(11)12/h3-6,9H,7-8H2,1-2H3. The first-order valence-electron chi connectivity index (χ1n) is 4.84. The minimum Gasteiger partial charge on any atom is -0.366 e. The highest BCUT2D eigenvalue weighted by Gasteiger charge is 2.29. The smallest absolute Gasteiger partial charge is 0.146 e. The van der Waals surface area contributed by atoms with E-state index in [-0.39, 0.29) is 5.82 Å². The highest BCUT2D eigenvalue weighted by atomic mass is 19.1. The summed E-state index contributed by atoms with van der Waals surface area (Å²) in [6.45, 7) is 1.85. The fourth-order valence-electron chi connectivity index (χ4n) is 1.69. The Morgan fingerprint density at radius 2 is 1.93 bits per heavy atom. The number of nitrogens with zero attached hydrogens (tertiary/aromatic N) is 2. The van der Waals surface area contributed by atoms with Gasteiger partial charge in [-0.15, -0.1) is 0 Å². The van der Waals surface area contributed by atoms with Gasteiger partial charge in [0.2, 0.25) is 0 Å². The van der Waals surface area contributed by atoms with Gasteiger partial charge in [-0.3, -0.25) is 0 Å². The maximum atomic E-state index is 13.3. The maximum absolute atomic E-state index is 13.3. The van der Waals surface area contributed by atoms with E-state index in [1.807, 2.05) is 12.1 Å². The summed E-state index contributed by atoms with van der Waals surface area (Å²) in [5.74, 6) is -0.121. The van der Waals surface area contributed by atoms with Crippen molar-refractivity contribution in [2.24, 2.45) is 0 Å². The van der Waals surface area contributed by atoms with Gasteiger partial charge in [0.15, 0.2) is 0 Å². The molecule has 3 heteroatoms. The third-order valence-corrected chi connectivity index (χ3v) is 2.79. The normalized spacial score (nSPS) is 17.3. The van der Waals surface area contributed by atoms with E-state index < -0.39 is 0 Å². The highest BCUT2D eigenvalue weighted by Crippen LogP contribution is 2.24. The van der Waals surface area contributed by atoms with Crippen LogP contribution in [0.4, 0.5) is 10.1 Å². The minimum absolute atomic E-state index is 0.121. The van der Waals surface area contributed by atoms with E-state index in [0.29, 0.717) is 6.04 Å². The van der Waals surface area contributed by atoms with E-state index in [2.05, 4.69) is 23.9 Å². The van der Waals surface area contributed by atoms with Crippen molar-refractivity contribution in [3.63, 3.8) is 0 Å². The Hall–Kier alpha value is -1.09. The van der Waals surface area contributed by atoms with Crippen molar-refractivity contribution in [1.29, 1.82) is 0 Å². The van der Waals surface area contributed by atoms with Gasteiger partial charge in [-0.2, -0.15) is 0 Å². The molecule has 0 N–H and O–H groups in total. The zero-order valence-electron chi connectivity index (χ0n) is 8.57. The number of likely N-dealkylation sites (N-methyl/N-ethyl adjacent to an activating group) is 1. The van der Waals surface area contributed by atoms with Crippen LogP contribution in [0.1, 0.15) is 0 Å². The Morgan fingerprint density at radius 3 is 2.50 bits per heavy atom. The summed E-state index contributed by atoms with van der Waals surface area (Å²) in [6.07, 6.45) is 0. The lowest BCUT2D eigenvalue weighted by molar-refractivity contribution is 0.246. The average molecular weight is 194 g/mol. The van der Waals surface area contributed by atoms with Crippen molar-refractivity contribution < 1.29 is 4.39 Å². The van der Waals surface area contributed by atoms with Gasteiger partial charge in [0.1, 0.15) is 5.82 Å². The molecule has 0 atom stereocenters. The third kappa shape index (κ3) is 1.60. The molecule has 1 heterocycles. The SMILES string of the molecule is CN(C)C1CN(c2ccccc2F)C1. The summed E-state index contributed by atoms with van der Waals surface area (Å²) in [4.78, 5) is 4.25. The van der Waals surface area contributed by atoms with Gasteiger partial charge in [0.25, 0.3) is 0 Å². The van der Waals surface area contributed by atoms with Crippen LogP contribution >= 0.6 is 0 Å². The van der Waals surface area contributed by atoms with Crippen LogP contribution in [0.3, 0.4) is 0 Å². The second-order valence-corrected chi connectivity index (χ2v) is 3.97. The fourth-order valence-corrected chi connectivity index (χ4v) is 1.69. The summed E-state index contributed by atoms with van der Waals surface area (Å²) in [5, 5.41) is 0. The van der Waals surface area contributed by atoms with Crippen molar-refractivity contribution in [2.45, 2.75) is 6.04 Å². The summed E-state index contributed by atoms with van der Waals surface area (Å²) in [7, 11) is 4.12.